The molecular formula is C26H40N2O6. The number of unbranched alkanes of at least 4 members (excludes halogenated alkanes) is 1. The van der Waals surface area contributed by atoms with Crippen LogP contribution in [0.3, 0.4) is 0 Å². The van der Waals surface area contributed by atoms with Gasteiger partial charge in [0, 0.05) is 25.7 Å². The second-order valence-electron chi connectivity index (χ2n) is 10.3. The van der Waals surface area contributed by atoms with Crippen molar-refractivity contribution >= 4 is 17.8 Å². The van der Waals surface area contributed by atoms with Crippen molar-refractivity contribution in [1.29, 1.82) is 0 Å². The minimum Gasteiger partial charge on any atom is -0.465 e. The van der Waals surface area contributed by atoms with Gasteiger partial charge in [0.1, 0.15) is 17.6 Å². The number of ether oxygens (including phenoxy) is 2. The van der Waals surface area contributed by atoms with Crippen molar-refractivity contribution in [2.75, 3.05) is 26.3 Å². The number of aliphatic hydroxyl groups is 1. The third kappa shape index (κ3) is 4.09. The maximum atomic E-state index is 14.0. The molecule has 3 aliphatic rings. The summed E-state index contributed by atoms with van der Waals surface area (Å²) in [6.45, 7) is 16.1. The Bertz CT molecular complexity index is 828. The van der Waals surface area contributed by atoms with Crippen molar-refractivity contribution in [3.63, 3.8) is 0 Å². The zero-order valence-corrected chi connectivity index (χ0v) is 21.0. The summed E-state index contributed by atoms with van der Waals surface area (Å²) in [6, 6.07) is -0.928. The van der Waals surface area contributed by atoms with Crippen molar-refractivity contribution in [2.24, 2.45) is 17.8 Å². The SMILES string of the molecule is C=CCCOC(=O)[C@@H]1[C@H]2C(=O)N(CCCCO)C(C(=O)N(CC=C)C(C)C)C23CC(C)[C@@]1(C)O3. The Morgan fingerprint density at radius 1 is 1.32 bits per heavy atom. The number of hydrogen-bond donors (Lipinski definition) is 1. The van der Waals surface area contributed by atoms with Crippen LogP contribution in [-0.2, 0) is 23.9 Å². The summed E-state index contributed by atoms with van der Waals surface area (Å²) in [5.74, 6) is -2.46. The molecule has 1 spiro atoms. The Labute approximate surface area is 202 Å². The van der Waals surface area contributed by atoms with Gasteiger partial charge in [-0.05, 0) is 52.4 Å². The fourth-order valence-corrected chi connectivity index (χ4v) is 6.19. The number of carbonyl (C=O) groups excluding carboxylic acids is 3. The summed E-state index contributed by atoms with van der Waals surface area (Å²) < 4.78 is 12.2. The van der Waals surface area contributed by atoms with E-state index in [1.807, 2.05) is 27.7 Å². The Hall–Kier alpha value is -2.19. The molecular weight excluding hydrogens is 436 g/mol. The first-order valence-corrected chi connectivity index (χ1v) is 12.4. The van der Waals surface area contributed by atoms with Gasteiger partial charge in [0.25, 0.3) is 0 Å². The minimum atomic E-state index is -1.09. The van der Waals surface area contributed by atoms with Crippen LogP contribution < -0.4 is 0 Å². The van der Waals surface area contributed by atoms with Gasteiger partial charge in [0.05, 0.1) is 18.1 Å². The fourth-order valence-electron chi connectivity index (χ4n) is 6.19. The summed E-state index contributed by atoms with van der Waals surface area (Å²) in [6.07, 6.45) is 5.47. The molecule has 2 bridgehead atoms. The van der Waals surface area contributed by atoms with Gasteiger partial charge in [-0.15, -0.1) is 13.2 Å². The molecule has 6 atom stereocenters. The van der Waals surface area contributed by atoms with Crippen molar-refractivity contribution < 1.29 is 29.0 Å². The molecule has 8 nitrogen and oxygen atoms in total. The van der Waals surface area contributed by atoms with Crippen LogP contribution in [0.15, 0.2) is 25.3 Å². The number of esters is 1. The molecule has 0 aromatic carbocycles. The lowest BCUT2D eigenvalue weighted by Gasteiger charge is -2.38. The fraction of sp³-hybridized carbons (Fsp3) is 0.731. The molecule has 3 fully saturated rings. The maximum absolute atomic E-state index is 14.0. The Morgan fingerprint density at radius 2 is 2.03 bits per heavy atom. The number of nitrogens with zero attached hydrogens (tertiary/aromatic N) is 2. The van der Waals surface area contributed by atoms with Crippen LogP contribution in [0.5, 0.6) is 0 Å². The lowest BCUT2D eigenvalue weighted by atomic mass is 9.62. The average molecular weight is 477 g/mol. The van der Waals surface area contributed by atoms with Gasteiger partial charge in [0.2, 0.25) is 11.8 Å². The van der Waals surface area contributed by atoms with Gasteiger partial charge < -0.3 is 24.4 Å². The van der Waals surface area contributed by atoms with Crippen LogP contribution in [0.2, 0.25) is 0 Å². The van der Waals surface area contributed by atoms with E-state index in [0.29, 0.717) is 38.8 Å². The molecule has 2 amide bonds. The zero-order valence-electron chi connectivity index (χ0n) is 21.0. The standard InChI is InChI=1S/C26H40N2O6/c1-7-9-15-33-24(32)20-19-22(30)28(13-10-11-14-29)21(23(31)27(12-8-2)17(3)4)26(19)16-18(5)25(20,6)34-26/h7-8,17-21,29H,1-2,9-16H2,3-6H3/t18?,19-,20-,21?,25+,26?/m0/s1. The van der Waals surface area contributed by atoms with E-state index in [4.69, 9.17) is 9.47 Å². The Kier molecular flexibility index (Phi) is 7.92. The quantitative estimate of drug-likeness (QED) is 0.264. The van der Waals surface area contributed by atoms with Crippen molar-refractivity contribution in [1.82, 2.24) is 9.80 Å². The number of hydrogen-bond acceptors (Lipinski definition) is 6. The van der Waals surface area contributed by atoms with Gasteiger partial charge in [-0.25, -0.2) is 0 Å². The molecule has 3 aliphatic heterocycles. The van der Waals surface area contributed by atoms with E-state index in [1.54, 1.807) is 22.0 Å². The number of fused-ring (bicyclic) bond motifs is 1. The number of amides is 2. The maximum Gasteiger partial charge on any atom is 0.312 e. The van der Waals surface area contributed by atoms with E-state index in [2.05, 4.69) is 13.2 Å². The van der Waals surface area contributed by atoms with Crippen LogP contribution in [-0.4, -0.2) is 82.3 Å². The number of carbonyl (C=O) groups is 3. The largest absolute Gasteiger partial charge is 0.465 e. The van der Waals surface area contributed by atoms with E-state index in [9.17, 15) is 19.5 Å². The highest BCUT2D eigenvalue weighted by Crippen LogP contribution is 2.65. The smallest absolute Gasteiger partial charge is 0.312 e. The highest BCUT2D eigenvalue weighted by Gasteiger charge is 2.80. The summed E-state index contributed by atoms with van der Waals surface area (Å²) in [5, 5.41) is 9.28. The third-order valence-corrected chi connectivity index (χ3v) is 7.91. The molecule has 3 unspecified atom stereocenters. The molecule has 3 rings (SSSR count). The first kappa shape index (κ1) is 26.4. The van der Waals surface area contributed by atoms with Gasteiger partial charge >= 0.3 is 5.97 Å². The van der Waals surface area contributed by atoms with Crippen molar-refractivity contribution in [3.8, 4) is 0 Å². The predicted molar refractivity (Wildman–Crippen MR) is 128 cm³/mol. The molecule has 8 heteroatoms. The van der Waals surface area contributed by atoms with E-state index >= 15 is 0 Å². The van der Waals surface area contributed by atoms with Gasteiger partial charge in [-0.3, -0.25) is 14.4 Å². The second kappa shape index (κ2) is 10.2. The molecule has 0 aliphatic carbocycles. The summed E-state index contributed by atoms with van der Waals surface area (Å²) in [5.41, 5.74) is -1.97. The molecule has 3 saturated heterocycles. The van der Waals surface area contributed by atoms with Crippen LogP contribution in [0, 0.1) is 17.8 Å². The summed E-state index contributed by atoms with van der Waals surface area (Å²) in [4.78, 5) is 44.5. The van der Waals surface area contributed by atoms with Gasteiger partial charge in [-0.2, -0.15) is 0 Å². The van der Waals surface area contributed by atoms with E-state index < -0.39 is 35.0 Å². The first-order chi connectivity index (χ1) is 16.1. The molecule has 34 heavy (non-hydrogen) atoms. The highest BCUT2D eigenvalue weighted by atomic mass is 16.6. The summed E-state index contributed by atoms with van der Waals surface area (Å²) in [7, 11) is 0. The van der Waals surface area contributed by atoms with E-state index in [1.165, 1.54) is 0 Å². The van der Waals surface area contributed by atoms with Crippen LogP contribution in [0.25, 0.3) is 0 Å². The third-order valence-electron chi connectivity index (χ3n) is 7.91. The lowest BCUT2D eigenvalue weighted by Crippen LogP contribution is -2.57. The van der Waals surface area contributed by atoms with Crippen molar-refractivity contribution in [2.45, 2.75) is 76.7 Å². The van der Waals surface area contributed by atoms with E-state index in [-0.39, 0.29) is 37.0 Å². The van der Waals surface area contributed by atoms with Gasteiger partial charge in [0.15, 0.2) is 0 Å². The molecule has 190 valence electrons. The average Bonchev–Trinajstić information content (AvgIpc) is 3.29. The monoisotopic (exact) mass is 476 g/mol. The molecule has 1 N–H and O–H groups in total. The first-order valence-electron chi connectivity index (χ1n) is 12.4. The summed E-state index contributed by atoms with van der Waals surface area (Å²) >= 11 is 0. The topological polar surface area (TPSA) is 96.4 Å². The molecule has 0 saturated carbocycles. The number of aliphatic hydroxyl groups excluding tert-OH is 1. The Morgan fingerprint density at radius 3 is 2.62 bits per heavy atom. The van der Waals surface area contributed by atoms with Crippen molar-refractivity contribution in [3.05, 3.63) is 25.3 Å². The normalized spacial score (nSPS) is 33.8. The molecule has 0 aromatic rings. The predicted octanol–water partition coefficient (Wildman–Crippen LogP) is 2.31. The molecule has 3 heterocycles. The number of rotatable bonds is 12. The lowest BCUT2D eigenvalue weighted by molar-refractivity contribution is -0.162. The van der Waals surface area contributed by atoms with Crippen LogP contribution >= 0.6 is 0 Å². The van der Waals surface area contributed by atoms with Crippen LogP contribution in [0.4, 0.5) is 0 Å². The zero-order chi connectivity index (χ0) is 25.3. The Balaban J connectivity index is 2.05. The molecule has 0 aromatic heterocycles. The van der Waals surface area contributed by atoms with Gasteiger partial charge in [-0.1, -0.05) is 19.1 Å². The van der Waals surface area contributed by atoms with Crippen LogP contribution in [0.1, 0.15) is 53.4 Å². The minimum absolute atomic E-state index is 0.00760. The highest BCUT2D eigenvalue weighted by molar-refractivity contribution is 5.98. The number of likely N-dealkylation sites (tertiary alicyclic amines) is 1. The molecule has 0 radical (unpaired) electrons. The second-order valence-corrected chi connectivity index (χ2v) is 10.3. The van der Waals surface area contributed by atoms with E-state index in [0.717, 1.165) is 0 Å².